The van der Waals surface area contributed by atoms with E-state index in [1.807, 2.05) is 6.92 Å². The second-order valence-electron chi connectivity index (χ2n) is 5.40. The van der Waals surface area contributed by atoms with Gasteiger partial charge in [-0.25, -0.2) is 0 Å². The normalized spacial score (nSPS) is 18.6. The van der Waals surface area contributed by atoms with Crippen LogP contribution in [0.5, 0.6) is 0 Å². The number of hydrogen-bond acceptors (Lipinski definition) is 4. The molecule has 0 aromatic carbocycles. The van der Waals surface area contributed by atoms with E-state index >= 15 is 0 Å². The minimum Gasteiger partial charge on any atom is -0.395 e. The molecule has 1 aliphatic heterocycles. The highest BCUT2D eigenvalue weighted by molar-refractivity contribution is 7.12. The molecule has 3 nitrogen and oxygen atoms in total. The molecule has 0 amide bonds. The van der Waals surface area contributed by atoms with Gasteiger partial charge < -0.3 is 10.2 Å². The smallest absolute Gasteiger partial charge is 0.0771 e. The largest absolute Gasteiger partial charge is 0.395 e. The van der Waals surface area contributed by atoms with Gasteiger partial charge in [0, 0.05) is 17.8 Å². The van der Waals surface area contributed by atoms with Crippen LogP contribution >= 0.6 is 11.3 Å². The van der Waals surface area contributed by atoms with Gasteiger partial charge in [-0.05, 0) is 50.9 Å². The molecule has 110 valence electrons. The van der Waals surface area contributed by atoms with Crippen molar-refractivity contribution < 1.29 is 10.2 Å². The molecule has 1 aromatic heterocycles. The first-order chi connectivity index (χ1) is 9.69. The molecule has 1 aliphatic rings. The Morgan fingerprint density at radius 3 is 2.80 bits per heavy atom. The summed E-state index contributed by atoms with van der Waals surface area (Å²) in [5.74, 6) is 6.50. The average molecular weight is 293 g/mol. The molecule has 4 heteroatoms. The highest BCUT2D eigenvalue weighted by Gasteiger charge is 2.22. The number of likely N-dealkylation sites (tertiary alicyclic amines) is 1. The summed E-state index contributed by atoms with van der Waals surface area (Å²) in [5, 5.41) is 18.3. The summed E-state index contributed by atoms with van der Waals surface area (Å²) in [6.07, 6.45) is 2.55. The second kappa shape index (κ2) is 7.80. The van der Waals surface area contributed by atoms with Crippen LogP contribution in [0, 0.1) is 17.8 Å². The molecular formula is C16H23NO2S. The van der Waals surface area contributed by atoms with Gasteiger partial charge in [-0.1, -0.05) is 11.8 Å². The molecule has 20 heavy (non-hydrogen) atoms. The maximum atomic E-state index is 9.61. The van der Waals surface area contributed by atoms with Crippen LogP contribution < -0.4 is 0 Å². The Balaban J connectivity index is 1.82. The van der Waals surface area contributed by atoms with E-state index in [2.05, 4.69) is 28.9 Å². The number of rotatable bonds is 4. The summed E-state index contributed by atoms with van der Waals surface area (Å²) in [6.45, 7) is 5.15. The van der Waals surface area contributed by atoms with Crippen molar-refractivity contribution in [1.29, 1.82) is 0 Å². The van der Waals surface area contributed by atoms with Crippen molar-refractivity contribution in [3.63, 3.8) is 0 Å². The molecule has 0 radical (unpaired) electrons. The zero-order valence-electron chi connectivity index (χ0n) is 12.0. The number of thiophene rings is 1. The van der Waals surface area contributed by atoms with Gasteiger partial charge in [0.1, 0.15) is 0 Å². The molecule has 2 rings (SSSR count). The molecule has 0 aliphatic carbocycles. The number of nitrogens with zero attached hydrogens (tertiary/aromatic N) is 1. The second-order valence-corrected chi connectivity index (χ2v) is 6.56. The quantitative estimate of drug-likeness (QED) is 0.835. The van der Waals surface area contributed by atoms with Crippen molar-refractivity contribution >= 4 is 11.3 Å². The van der Waals surface area contributed by atoms with Crippen molar-refractivity contribution in [2.45, 2.75) is 38.8 Å². The van der Waals surface area contributed by atoms with Gasteiger partial charge in [-0.15, -0.1) is 11.3 Å². The molecule has 0 saturated carbocycles. The molecule has 0 bridgehead atoms. The predicted molar refractivity (Wildman–Crippen MR) is 82.6 cm³/mol. The summed E-state index contributed by atoms with van der Waals surface area (Å²) in [6, 6.07) is 4.21. The Morgan fingerprint density at radius 1 is 1.40 bits per heavy atom. The minimum absolute atomic E-state index is 0.128. The van der Waals surface area contributed by atoms with E-state index < -0.39 is 0 Å². The average Bonchev–Trinajstić information content (AvgIpc) is 2.87. The third-order valence-electron chi connectivity index (χ3n) is 3.80. The molecule has 1 saturated heterocycles. The van der Waals surface area contributed by atoms with Gasteiger partial charge in [0.05, 0.1) is 17.6 Å². The molecular weight excluding hydrogens is 270 g/mol. The van der Waals surface area contributed by atoms with E-state index in [0.29, 0.717) is 12.3 Å². The Hall–Kier alpha value is -0.860. The summed E-state index contributed by atoms with van der Waals surface area (Å²) in [4.78, 5) is 4.87. The van der Waals surface area contributed by atoms with E-state index in [4.69, 9.17) is 5.11 Å². The Kier molecular flexibility index (Phi) is 6.06. The molecule has 1 aromatic rings. The predicted octanol–water partition coefficient (Wildman–Crippen LogP) is 2.07. The van der Waals surface area contributed by atoms with Crippen LogP contribution in [-0.4, -0.2) is 40.9 Å². The number of hydrogen-bond donors (Lipinski definition) is 2. The summed E-state index contributed by atoms with van der Waals surface area (Å²) in [5.41, 5.74) is 0. The van der Waals surface area contributed by atoms with Crippen molar-refractivity contribution in [3.05, 3.63) is 21.9 Å². The first-order valence-corrected chi connectivity index (χ1v) is 8.09. The fraction of sp³-hybridized carbons (Fsp3) is 0.625. The highest BCUT2D eigenvalue weighted by Crippen LogP contribution is 2.24. The maximum Gasteiger partial charge on any atom is 0.0771 e. The molecule has 1 atom stereocenters. The molecule has 0 spiro atoms. The lowest BCUT2D eigenvalue weighted by atomic mass is 9.92. The van der Waals surface area contributed by atoms with E-state index in [9.17, 15) is 5.11 Å². The van der Waals surface area contributed by atoms with Crippen LogP contribution in [0.4, 0.5) is 0 Å². The van der Waals surface area contributed by atoms with Crippen LogP contribution in [0.25, 0.3) is 0 Å². The summed E-state index contributed by atoms with van der Waals surface area (Å²) < 4.78 is 0. The summed E-state index contributed by atoms with van der Waals surface area (Å²) in [7, 11) is 0. The standard InChI is InChI=1S/C16H23NO2S/c1-13(19)14-7-9-17(10-8-14)12-16-6-5-15(20-16)4-2-3-11-18/h5-6,13-14,18-19H,3,7-12H2,1H3. The van der Waals surface area contributed by atoms with E-state index in [0.717, 1.165) is 37.4 Å². The Labute approximate surface area is 125 Å². The first kappa shape index (κ1) is 15.5. The Bertz CT molecular complexity index is 464. The van der Waals surface area contributed by atoms with Crippen LogP contribution in [0.2, 0.25) is 0 Å². The minimum atomic E-state index is -0.174. The zero-order valence-corrected chi connectivity index (χ0v) is 12.8. The topological polar surface area (TPSA) is 43.7 Å². The van der Waals surface area contributed by atoms with Crippen LogP contribution in [0.3, 0.4) is 0 Å². The van der Waals surface area contributed by atoms with Crippen molar-refractivity contribution in [1.82, 2.24) is 4.90 Å². The van der Waals surface area contributed by atoms with Gasteiger partial charge in [0.25, 0.3) is 0 Å². The van der Waals surface area contributed by atoms with Crippen LogP contribution in [0.15, 0.2) is 12.1 Å². The van der Waals surface area contributed by atoms with Gasteiger partial charge >= 0.3 is 0 Å². The number of aliphatic hydroxyl groups excluding tert-OH is 2. The van der Waals surface area contributed by atoms with E-state index in [1.165, 1.54) is 4.88 Å². The third-order valence-corrected chi connectivity index (χ3v) is 4.79. The van der Waals surface area contributed by atoms with Gasteiger partial charge in [-0.2, -0.15) is 0 Å². The van der Waals surface area contributed by atoms with Crippen LogP contribution in [0.1, 0.15) is 35.9 Å². The lowest BCUT2D eigenvalue weighted by molar-refractivity contribution is 0.0698. The lowest BCUT2D eigenvalue weighted by Gasteiger charge is -2.32. The van der Waals surface area contributed by atoms with Gasteiger partial charge in [0.15, 0.2) is 0 Å². The monoisotopic (exact) mass is 293 g/mol. The first-order valence-electron chi connectivity index (χ1n) is 7.28. The van der Waals surface area contributed by atoms with E-state index in [-0.39, 0.29) is 12.7 Å². The molecule has 1 unspecified atom stereocenters. The van der Waals surface area contributed by atoms with Gasteiger partial charge in [-0.3, -0.25) is 4.90 Å². The molecule has 2 heterocycles. The lowest BCUT2D eigenvalue weighted by Crippen LogP contribution is -2.36. The molecule has 1 fully saturated rings. The van der Waals surface area contributed by atoms with Gasteiger partial charge in [0.2, 0.25) is 0 Å². The molecule has 2 N–H and O–H groups in total. The fourth-order valence-electron chi connectivity index (χ4n) is 2.55. The fourth-order valence-corrected chi connectivity index (χ4v) is 3.47. The zero-order chi connectivity index (χ0) is 14.4. The third kappa shape index (κ3) is 4.60. The SMILES string of the molecule is CC(O)C1CCN(Cc2ccc(C#CCCO)s2)CC1. The van der Waals surface area contributed by atoms with Crippen molar-refractivity contribution in [2.75, 3.05) is 19.7 Å². The van der Waals surface area contributed by atoms with Crippen molar-refractivity contribution in [3.8, 4) is 11.8 Å². The van der Waals surface area contributed by atoms with Crippen LogP contribution in [-0.2, 0) is 6.54 Å². The number of aliphatic hydroxyl groups is 2. The highest BCUT2D eigenvalue weighted by atomic mass is 32.1. The maximum absolute atomic E-state index is 9.61. The summed E-state index contributed by atoms with van der Waals surface area (Å²) >= 11 is 1.74. The van der Waals surface area contributed by atoms with E-state index in [1.54, 1.807) is 11.3 Å². The number of piperidine rings is 1. The van der Waals surface area contributed by atoms with Crippen molar-refractivity contribution in [2.24, 2.45) is 5.92 Å². The Morgan fingerprint density at radius 2 is 2.15 bits per heavy atom.